The number of nitrogens with one attached hydrogen (secondary N) is 2. The summed E-state index contributed by atoms with van der Waals surface area (Å²) < 4.78 is 6.76. The molecule has 5 rings (SSSR count). The molecule has 0 atom stereocenters. The normalized spacial score (nSPS) is 13.9. The number of hydrogen-bond acceptors (Lipinski definition) is 6. The molecule has 2 N–H and O–H groups in total. The number of amides is 1. The number of imidazole rings is 1. The van der Waals surface area contributed by atoms with Crippen LogP contribution in [0.15, 0.2) is 71.7 Å². The summed E-state index contributed by atoms with van der Waals surface area (Å²) in [4.78, 5) is 29.3. The highest BCUT2D eigenvalue weighted by atomic mass is 32.1. The maximum atomic E-state index is 13.0. The lowest BCUT2D eigenvalue weighted by Crippen LogP contribution is -2.09. The first-order valence-electron chi connectivity index (χ1n) is 10.2. The summed E-state index contributed by atoms with van der Waals surface area (Å²) >= 11 is 1.55. The third-order valence-electron chi connectivity index (χ3n) is 5.48. The summed E-state index contributed by atoms with van der Waals surface area (Å²) in [5, 5.41) is 10.3. The van der Waals surface area contributed by atoms with E-state index < -0.39 is 5.97 Å². The molecular weight excluding hydrogens is 436 g/mol. The Bertz CT molecular complexity index is 1390. The van der Waals surface area contributed by atoms with E-state index in [0.29, 0.717) is 22.5 Å². The predicted octanol–water partition coefficient (Wildman–Crippen LogP) is 4.87. The van der Waals surface area contributed by atoms with E-state index in [2.05, 4.69) is 15.6 Å². The smallest absolute Gasteiger partial charge is 0.337 e. The first-order chi connectivity index (χ1) is 16.0. The largest absolute Gasteiger partial charge is 0.465 e. The van der Waals surface area contributed by atoms with Gasteiger partial charge >= 0.3 is 5.97 Å². The molecule has 0 saturated heterocycles. The Balaban J connectivity index is 1.55. The maximum Gasteiger partial charge on any atom is 0.337 e. The Morgan fingerprint density at radius 2 is 1.94 bits per heavy atom. The summed E-state index contributed by atoms with van der Waals surface area (Å²) in [6, 6.07) is 15.0. The van der Waals surface area contributed by atoms with Crippen LogP contribution in [0, 0.1) is 0 Å². The third-order valence-corrected chi connectivity index (χ3v) is 6.16. The molecule has 0 radical (unpaired) electrons. The fraction of sp³-hybridized carbons (Fsp3) is 0.0800. The Morgan fingerprint density at radius 3 is 2.61 bits per heavy atom. The fourth-order valence-corrected chi connectivity index (χ4v) is 4.49. The topological polar surface area (TPSA) is 85.2 Å². The molecule has 4 aromatic rings. The van der Waals surface area contributed by atoms with Crippen molar-refractivity contribution in [2.45, 2.75) is 0 Å². The number of fused-ring (bicyclic) bond motifs is 1. The van der Waals surface area contributed by atoms with Crippen LogP contribution < -0.4 is 10.6 Å². The molecule has 0 unspecified atom stereocenters. The number of benzene rings is 2. The first kappa shape index (κ1) is 20.7. The molecule has 0 aliphatic carbocycles. The molecule has 3 heterocycles. The number of aryl methyl sites for hydroxylation is 1. The Hall–Kier alpha value is -4.17. The maximum absolute atomic E-state index is 13.0. The number of ether oxygens (including phenoxy) is 1. The quantitative estimate of drug-likeness (QED) is 0.331. The second kappa shape index (κ2) is 8.40. The van der Waals surface area contributed by atoms with Crippen molar-refractivity contribution < 1.29 is 14.3 Å². The van der Waals surface area contributed by atoms with Crippen molar-refractivity contribution in [2.75, 3.05) is 17.7 Å². The minimum Gasteiger partial charge on any atom is -0.465 e. The molecule has 1 aliphatic heterocycles. The van der Waals surface area contributed by atoms with Crippen molar-refractivity contribution in [1.82, 2.24) is 9.55 Å². The minimum absolute atomic E-state index is 0.231. The van der Waals surface area contributed by atoms with Gasteiger partial charge in [-0.2, -0.15) is 11.3 Å². The molecule has 8 heteroatoms. The standard InChI is InChI=1S/C25H20N4O3S/c1-29-11-10-26-23(29)15-3-6-18(7-4-15)27-22(17-9-12-33-14-17)21-19-8-5-16(25(31)32-2)13-20(19)28-24(21)30/h3-14,27H,1-2H3,(H,28,30)/b22-21-. The van der Waals surface area contributed by atoms with E-state index in [1.54, 1.807) is 35.7 Å². The molecule has 2 aromatic carbocycles. The Labute approximate surface area is 194 Å². The molecular formula is C25H20N4O3S. The predicted molar refractivity (Wildman–Crippen MR) is 130 cm³/mol. The van der Waals surface area contributed by atoms with Gasteiger partial charge in [-0.1, -0.05) is 6.07 Å². The van der Waals surface area contributed by atoms with Gasteiger partial charge in [0.2, 0.25) is 0 Å². The molecule has 164 valence electrons. The SMILES string of the molecule is COC(=O)c1ccc2c(c1)NC(=O)/C2=C(\Nc1ccc(-c2nccn2C)cc1)c1ccsc1. The lowest BCUT2D eigenvalue weighted by molar-refractivity contribution is -0.110. The van der Waals surface area contributed by atoms with Crippen molar-refractivity contribution in [3.05, 3.63) is 88.4 Å². The van der Waals surface area contributed by atoms with Crippen LogP contribution in [-0.2, 0) is 16.6 Å². The zero-order chi connectivity index (χ0) is 22.9. The summed E-state index contributed by atoms with van der Waals surface area (Å²) in [6.07, 6.45) is 3.67. The van der Waals surface area contributed by atoms with E-state index >= 15 is 0 Å². The van der Waals surface area contributed by atoms with Gasteiger partial charge in [-0.15, -0.1) is 0 Å². The number of carbonyl (C=O) groups excluding carboxylic acids is 2. The van der Waals surface area contributed by atoms with E-state index in [9.17, 15) is 9.59 Å². The number of esters is 1. The second-order valence-electron chi connectivity index (χ2n) is 7.53. The van der Waals surface area contributed by atoms with Gasteiger partial charge in [-0.3, -0.25) is 4.79 Å². The van der Waals surface area contributed by atoms with Gasteiger partial charge in [0.05, 0.1) is 29.6 Å². The lowest BCUT2D eigenvalue weighted by atomic mass is 10.00. The molecule has 7 nitrogen and oxygen atoms in total. The van der Waals surface area contributed by atoms with Gasteiger partial charge in [0.15, 0.2) is 0 Å². The molecule has 33 heavy (non-hydrogen) atoms. The summed E-state index contributed by atoms with van der Waals surface area (Å²) in [5.74, 6) is 0.197. The van der Waals surface area contributed by atoms with Crippen molar-refractivity contribution in [2.24, 2.45) is 7.05 Å². The lowest BCUT2D eigenvalue weighted by Gasteiger charge is -2.14. The molecule has 0 bridgehead atoms. The van der Waals surface area contributed by atoms with Crippen LogP contribution in [0.3, 0.4) is 0 Å². The average Bonchev–Trinajstić information content (AvgIpc) is 3.57. The number of anilines is 2. The Morgan fingerprint density at radius 1 is 1.12 bits per heavy atom. The van der Waals surface area contributed by atoms with Crippen LogP contribution in [-0.4, -0.2) is 28.5 Å². The Kier molecular flexibility index (Phi) is 5.27. The number of hydrogen-bond donors (Lipinski definition) is 2. The highest BCUT2D eigenvalue weighted by Crippen LogP contribution is 2.38. The van der Waals surface area contributed by atoms with E-state index in [1.165, 1.54) is 7.11 Å². The van der Waals surface area contributed by atoms with Crippen LogP contribution in [0.2, 0.25) is 0 Å². The van der Waals surface area contributed by atoms with Crippen molar-refractivity contribution in [3.8, 4) is 11.4 Å². The molecule has 1 amide bonds. The molecule has 0 saturated carbocycles. The summed E-state index contributed by atoms with van der Waals surface area (Å²) in [5.41, 5.74) is 5.65. The van der Waals surface area contributed by atoms with Gasteiger partial charge in [0.1, 0.15) is 5.82 Å². The van der Waals surface area contributed by atoms with Crippen LogP contribution in [0.1, 0.15) is 21.5 Å². The van der Waals surface area contributed by atoms with Crippen LogP contribution >= 0.6 is 11.3 Å². The zero-order valence-corrected chi connectivity index (χ0v) is 18.8. The van der Waals surface area contributed by atoms with Crippen LogP contribution in [0.4, 0.5) is 11.4 Å². The van der Waals surface area contributed by atoms with Crippen molar-refractivity contribution in [3.63, 3.8) is 0 Å². The number of carbonyl (C=O) groups is 2. The number of thiophene rings is 1. The second-order valence-corrected chi connectivity index (χ2v) is 8.31. The van der Waals surface area contributed by atoms with Gasteiger partial charge < -0.3 is 19.9 Å². The van der Waals surface area contributed by atoms with E-state index in [0.717, 1.165) is 28.2 Å². The van der Waals surface area contributed by atoms with Gasteiger partial charge in [-0.05, 0) is 47.8 Å². The average molecular weight is 457 g/mol. The third kappa shape index (κ3) is 3.81. The highest BCUT2D eigenvalue weighted by molar-refractivity contribution is 7.08. The summed E-state index contributed by atoms with van der Waals surface area (Å²) in [7, 11) is 3.28. The monoisotopic (exact) mass is 456 g/mol. The zero-order valence-electron chi connectivity index (χ0n) is 18.0. The summed E-state index contributed by atoms with van der Waals surface area (Å²) in [6.45, 7) is 0. The van der Waals surface area contributed by atoms with Gasteiger partial charge in [0.25, 0.3) is 5.91 Å². The molecule has 0 spiro atoms. The number of aromatic nitrogens is 2. The number of nitrogens with zero attached hydrogens (tertiary/aromatic N) is 2. The van der Waals surface area contributed by atoms with Crippen molar-refractivity contribution in [1.29, 1.82) is 0 Å². The first-order valence-corrected chi connectivity index (χ1v) is 11.1. The van der Waals surface area contributed by atoms with Crippen LogP contribution in [0.5, 0.6) is 0 Å². The highest BCUT2D eigenvalue weighted by Gasteiger charge is 2.29. The molecule has 0 fully saturated rings. The van der Waals surface area contributed by atoms with Gasteiger partial charge in [-0.25, -0.2) is 9.78 Å². The number of methoxy groups -OCH3 is 1. The fourth-order valence-electron chi connectivity index (χ4n) is 3.84. The molecule has 1 aliphatic rings. The minimum atomic E-state index is -0.450. The number of rotatable bonds is 5. The van der Waals surface area contributed by atoms with Crippen molar-refractivity contribution >= 4 is 45.9 Å². The van der Waals surface area contributed by atoms with E-state index in [-0.39, 0.29) is 5.91 Å². The van der Waals surface area contributed by atoms with E-state index in [1.807, 2.05) is 58.9 Å². The van der Waals surface area contributed by atoms with Crippen LogP contribution in [0.25, 0.3) is 22.7 Å². The van der Waals surface area contributed by atoms with Gasteiger partial charge in [0, 0.05) is 47.2 Å². The molecule has 2 aromatic heterocycles. The van der Waals surface area contributed by atoms with E-state index in [4.69, 9.17) is 4.74 Å².